The Hall–Kier alpha value is -0.600. The minimum atomic E-state index is -0.176. The average Bonchev–Trinajstić information content (AvgIpc) is 2.47. The lowest BCUT2D eigenvalue weighted by Crippen LogP contribution is -2.32. The molecule has 1 nitrogen and oxygen atoms in total. The van der Waals surface area contributed by atoms with Crippen molar-refractivity contribution in [1.29, 1.82) is 0 Å². The fourth-order valence-corrected chi connectivity index (χ4v) is 3.70. The standard InChI is InChI=1S/C17H25ClFN/c1-3-12-5-6-13(11-20-4-2)15(9-12)16-10-14(19)7-8-17(16)18/h7-8,10,12-13,15,20H,3-6,9,11H2,1-2H3. The molecule has 3 unspecified atom stereocenters. The van der Waals surface area contributed by atoms with E-state index in [0.29, 0.717) is 11.8 Å². The van der Waals surface area contributed by atoms with Gasteiger partial charge in [0, 0.05) is 5.02 Å². The molecule has 0 aromatic heterocycles. The van der Waals surface area contributed by atoms with Crippen molar-refractivity contribution in [3.63, 3.8) is 0 Å². The maximum Gasteiger partial charge on any atom is 0.123 e. The second-order valence-electron chi connectivity index (χ2n) is 5.93. The first-order valence-corrected chi connectivity index (χ1v) is 8.19. The van der Waals surface area contributed by atoms with Crippen molar-refractivity contribution >= 4 is 11.6 Å². The van der Waals surface area contributed by atoms with E-state index in [1.807, 2.05) is 0 Å². The third-order valence-corrected chi connectivity index (χ3v) is 5.04. The summed E-state index contributed by atoms with van der Waals surface area (Å²) in [6.07, 6.45) is 4.84. The van der Waals surface area contributed by atoms with E-state index in [9.17, 15) is 4.39 Å². The minimum absolute atomic E-state index is 0.176. The Labute approximate surface area is 126 Å². The van der Waals surface area contributed by atoms with Crippen LogP contribution >= 0.6 is 11.6 Å². The summed E-state index contributed by atoms with van der Waals surface area (Å²) in [6.45, 7) is 6.36. The van der Waals surface area contributed by atoms with Gasteiger partial charge in [0.1, 0.15) is 5.82 Å². The van der Waals surface area contributed by atoms with E-state index in [1.165, 1.54) is 25.3 Å². The van der Waals surface area contributed by atoms with Gasteiger partial charge in [0.15, 0.2) is 0 Å². The molecule has 0 saturated heterocycles. The largest absolute Gasteiger partial charge is 0.317 e. The van der Waals surface area contributed by atoms with Gasteiger partial charge in [0.2, 0.25) is 0 Å². The molecule has 0 aliphatic heterocycles. The van der Waals surface area contributed by atoms with Gasteiger partial charge in [-0.25, -0.2) is 4.39 Å². The first-order chi connectivity index (χ1) is 9.65. The van der Waals surface area contributed by atoms with E-state index in [0.717, 1.165) is 36.0 Å². The molecule has 0 radical (unpaired) electrons. The lowest BCUT2D eigenvalue weighted by Gasteiger charge is -2.37. The Kier molecular flexibility index (Phi) is 5.86. The van der Waals surface area contributed by atoms with Gasteiger partial charge in [-0.2, -0.15) is 0 Å². The van der Waals surface area contributed by atoms with E-state index in [1.54, 1.807) is 12.1 Å². The van der Waals surface area contributed by atoms with Crippen LogP contribution in [0.25, 0.3) is 0 Å². The molecule has 1 aromatic carbocycles. The smallest absolute Gasteiger partial charge is 0.123 e. The Balaban J connectivity index is 2.23. The number of rotatable bonds is 5. The Morgan fingerprint density at radius 2 is 2.10 bits per heavy atom. The highest BCUT2D eigenvalue weighted by molar-refractivity contribution is 6.31. The van der Waals surface area contributed by atoms with Crippen LogP contribution in [0.15, 0.2) is 18.2 Å². The fraction of sp³-hybridized carbons (Fsp3) is 0.647. The molecule has 1 saturated carbocycles. The van der Waals surface area contributed by atoms with E-state index in [4.69, 9.17) is 11.6 Å². The molecule has 1 N–H and O–H groups in total. The van der Waals surface area contributed by atoms with E-state index < -0.39 is 0 Å². The molecule has 2 rings (SSSR count). The van der Waals surface area contributed by atoms with Crippen molar-refractivity contribution in [2.75, 3.05) is 13.1 Å². The monoisotopic (exact) mass is 297 g/mol. The van der Waals surface area contributed by atoms with Gasteiger partial charge in [-0.3, -0.25) is 0 Å². The van der Waals surface area contributed by atoms with Crippen LogP contribution in [0.1, 0.15) is 51.0 Å². The highest BCUT2D eigenvalue weighted by atomic mass is 35.5. The summed E-state index contributed by atoms with van der Waals surface area (Å²) in [7, 11) is 0. The number of hydrogen-bond acceptors (Lipinski definition) is 1. The molecule has 0 bridgehead atoms. The van der Waals surface area contributed by atoms with Crippen LogP contribution in [-0.4, -0.2) is 13.1 Å². The quantitative estimate of drug-likeness (QED) is 0.806. The Bertz CT molecular complexity index is 435. The molecule has 20 heavy (non-hydrogen) atoms. The third kappa shape index (κ3) is 3.73. The summed E-state index contributed by atoms with van der Waals surface area (Å²) in [6, 6.07) is 4.79. The van der Waals surface area contributed by atoms with Gasteiger partial charge in [-0.15, -0.1) is 0 Å². The first-order valence-electron chi connectivity index (χ1n) is 7.81. The molecule has 0 spiro atoms. The summed E-state index contributed by atoms with van der Waals surface area (Å²) in [4.78, 5) is 0. The zero-order valence-electron chi connectivity index (χ0n) is 12.5. The maximum absolute atomic E-state index is 13.6. The predicted octanol–water partition coefficient (Wildman–Crippen LogP) is 5.00. The number of benzene rings is 1. The van der Waals surface area contributed by atoms with Crippen LogP contribution in [0.4, 0.5) is 4.39 Å². The van der Waals surface area contributed by atoms with Crippen LogP contribution in [-0.2, 0) is 0 Å². The molecule has 112 valence electrons. The van der Waals surface area contributed by atoms with Gasteiger partial charge < -0.3 is 5.32 Å². The summed E-state index contributed by atoms with van der Waals surface area (Å²) in [5.74, 6) is 1.52. The van der Waals surface area contributed by atoms with Gasteiger partial charge in [-0.1, -0.05) is 38.3 Å². The topological polar surface area (TPSA) is 12.0 Å². The van der Waals surface area contributed by atoms with E-state index >= 15 is 0 Å². The van der Waals surface area contributed by atoms with Gasteiger partial charge >= 0.3 is 0 Å². The van der Waals surface area contributed by atoms with Crippen molar-refractivity contribution in [3.8, 4) is 0 Å². The highest BCUT2D eigenvalue weighted by Gasteiger charge is 2.31. The van der Waals surface area contributed by atoms with Crippen LogP contribution in [0, 0.1) is 17.7 Å². The zero-order chi connectivity index (χ0) is 14.5. The Morgan fingerprint density at radius 1 is 1.30 bits per heavy atom. The van der Waals surface area contributed by atoms with Crippen molar-refractivity contribution in [2.45, 2.75) is 45.4 Å². The molecule has 1 aromatic rings. The fourth-order valence-electron chi connectivity index (χ4n) is 3.44. The summed E-state index contributed by atoms with van der Waals surface area (Å²) in [5.41, 5.74) is 1.01. The number of nitrogens with one attached hydrogen (secondary N) is 1. The second kappa shape index (κ2) is 7.42. The number of hydrogen-bond donors (Lipinski definition) is 1. The normalized spacial score (nSPS) is 26.7. The second-order valence-corrected chi connectivity index (χ2v) is 6.33. The molecule has 3 heteroatoms. The van der Waals surface area contributed by atoms with Gasteiger partial charge in [0.25, 0.3) is 0 Å². The lowest BCUT2D eigenvalue weighted by atomic mass is 9.70. The van der Waals surface area contributed by atoms with E-state index in [-0.39, 0.29) is 5.82 Å². The first kappa shape index (κ1) is 15.8. The maximum atomic E-state index is 13.6. The van der Waals surface area contributed by atoms with Crippen molar-refractivity contribution in [1.82, 2.24) is 5.32 Å². The van der Waals surface area contributed by atoms with Gasteiger partial charge in [0.05, 0.1) is 0 Å². The summed E-state index contributed by atoms with van der Waals surface area (Å²) < 4.78 is 13.6. The Morgan fingerprint density at radius 3 is 2.80 bits per heavy atom. The summed E-state index contributed by atoms with van der Waals surface area (Å²) >= 11 is 6.33. The highest BCUT2D eigenvalue weighted by Crippen LogP contribution is 2.43. The average molecular weight is 298 g/mol. The number of halogens is 2. The van der Waals surface area contributed by atoms with Crippen molar-refractivity contribution in [2.24, 2.45) is 11.8 Å². The molecule has 1 aliphatic carbocycles. The SMILES string of the molecule is CCNCC1CCC(CC)CC1c1cc(F)ccc1Cl. The van der Waals surface area contributed by atoms with Crippen LogP contribution in [0.2, 0.25) is 5.02 Å². The molecule has 3 atom stereocenters. The molecule has 1 aliphatic rings. The molecule has 0 heterocycles. The van der Waals surface area contributed by atoms with Crippen molar-refractivity contribution < 1.29 is 4.39 Å². The van der Waals surface area contributed by atoms with Gasteiger partial charge in [-0.05, 0) is 67.4 Å². The van der Waals surface area contributed by atoms with Crippen LogP contribution in [0.3, 0.4) is 0 Å². The lowest BCUT2D eigenvalue weighted by molar-refractivity contribution is 0.226. The minimum Gasteiger partial charge on any atom is -0.317 e. The third-order valence-electron chi connectivity index (χ3n) is 4.69. The summed E-state index contributed by atoms with van der Waals surface area (Å²) in [5, 5.41) is 4.17. The van der Waals surface area contributed by atoms with E-state index in [2.05, 4.69) is 19.2 Å². The zero-order valence-corrected chi connectivity index (χ0v) is 13.2. The predicted molar refractivity (Wildman–Crippen MR) is 83.8 cm³/mol. The molecule has 1 fully saturated rings. The molecular formula is C17H25ClFN. The van der Waals surface area contributed by atoms with Crippen LogP contribution < -0.4 is 5.32 Å². The van der Waals surface area contributed by atoms with Crippen LogP contribution in [0.5, 0.6) is 0 Å². The van der Waals surface area contributed by atoms with Crippen molar-refractivity contribution in [3.05, 3.63) is 34.6 Å². The molecular weight excluding hydrogens is 273 g/mol. The molecule has 0 amide bonds.